The van der Waals surface area contributed by atoms with Crippen LogP contribution in [0.2, 0.25) is 0 Å². The summed E-state index contributed by atoms with van der Waals surface area (Å²) in [6.45, 7) is 4.44. The van der Waals surface area contributed by atoms with Gasteiger partial charge in [-0.3, -0.25) is 0 Å². The van der Waals surface area contributed by atoms with E-state index in [1.54, 1.807) is 0 Å². The molecule has 1 aromatic carbocycles. The first-order valence-corrected chi connectivity index (χ1v) is 6.56. The van der Waals surface area contributed by atoms with Crippen LogP contribution in [0.5, 0.6) is 0 Å². The lowest BCUT2D eigenvalue weighted by Crippen LogP contribution is -1.99. The second-order valence-corrected chi connectivity index (χ2v) is 5.50. The monoisotopic (exact) mass is 273 g/mol. The van der Waals surface area contributed by atoms with E-state index >= 15 is 0 Å². The van der Waals surface area contributed by atoms with Gasteiger partial charge < -0.3 is 5.73 Å². The van der Waals surface area contributed by atoms with Gasteiger partial charge in [-0.25, -0.2) is 0 Å². The van der Waals surface area contributed by atoms with E-state index in [0.717, 1.165) is 10.2 Å². The molecule has 0 saturated carbocycles. The third-order valence-corrected chi connectivity index (χ3v) is 4.30. The van der Waals surface area contributed by atoms with Crippen molar-refractivity contribution in [2.24, 2.45) is 0 Å². The zero-order valence-electron chi connectivity index (χ0n) is 8.59. The van der Waals surface area contributed by atoms with Gasteiger partial charge in [0.25, 0.3) is 0 Å². The topological polar surface area (TPSA) is 26.0 Å². The number of anilines is 1. The van der Waals surface area contributed by atoms with Crippen molar-refractivity contribution in [2.45, 2.75) is 36.8 Å². The van der Waals surface area contributed by atoms with E-state index in [2.05, 4.69) is 35.8 Å². The summed E-state index contributed by atoms with van der Waals surface area (Å²) in [5.41, 5.74) is 6.80. The summed E-state index contributed by atoms with van der Waals surface area (Å²) in [4.78, 5) is 1.20. The highest BCUT2D eigenvalue weighted by molar-refractivity contribution is 9.10. The summed E-state index contributed by atoms with van der Waals surface area (Å²) < 4.78 is 1.05. The lowest BCUT2D eigenvalue weighted by atomic mass is 10.3. The summed E-state index contributed by atoms with van der Waals surface area (Å²) in [6.07, 6.45) is 2.38. The number of rotatable bonds is 4. The van der Waals surface area contributed by atoms with Crippen LogP contribution in [-0.4, -0.2) is 5.25 Å². The van der Waals surface area contributed by atoms with Crippen molar-refractivity contribution in [3.05, 3.63) is 22.7 Å². The molecule has 0 aliphatic carbocycles. The minimum atomic E-state index is 0.679. The highest BCUT2D eigenvalue weighted by Crippen LogP contribution is 2.33. The van der Waals surface area contributed by atoms with E-state index < -0.39 is 0 Å². The third-order valence-electron chi connectivity index (χ3n) is 2.18. The minimum absolute atomic E-state index is 0.679. The lowest BCUT2D eigenvalue weighted by Gasteiger charge is -2.13. The Balaban J connectivity index is 2.76. The van der Waals surface area contributed by atoms with Crippen molar-refractivity contribution in [3.63, 3.8) is 0 Å². The van der Waals surface area contributed by atoms with Crippen LogP contribution in [-0.2, 0) is 0 Å². The van der Waals surface area contributed by atoms with E-state index in [-0.39, 0.29) is 0 Å². The Labute approximate surface area is 98.6 Å². The van der Waals surface area contributed by atoms with Crippen LogP contribution in [0.1, 0.15) is 26.7 Å². The maximum atomic E-state index is 5.93. The molecule has 0 radical (unpaired) electrons. The van der Waals surface area contributed by atoms with Gasteiger partial charge in [0.05, 0.1) is 0 Å². The maximum Gasteiger partial charge on any atom is 0.0463 e. The smallest absolute Gasteiger partial charge is 0.0463 e. The van der Waals surface area contributed by atoms with E-state index in [1.165, 1.54) is 17.7 Å². The molecule has 0 bridgehead atoms. The first-order chi connectivity index (χ1) is 6.67. The summed E-state index contributed by atoms with van der Waals surface area (Å²) >= 11 is 5.29. The van der Waals surface area contributed by atoms with Crippen LogP contribution >= 0.6 is 27.7 Å². The molecule has 3 heteroatoms. The molecule has 0 saturated heterocycles. The van der Waals surface area contributed by atoms with Crippen molar-refractivity contribution in [1.29, 1.82) is 0 Å². The third kappa shape index (κ3) is 3.21. The van der Waals surface area contributed by atoms with Crippen molar-refractivity contribution in [1.82, 2.24) is 0 Å². The lowest BCUT2D eigenvalue weighted by molar-refractivity contribution is 0.792. The molecule has 0 heterocycles. The second-order valence-electron chi connectivity index (χ2n) is 3.24. The van der Waals surface area contributed by atoms with Crippen molar-refractivity contribution < 1.29 is 0 Å². The Morgan fingerprint density at radius 2 is 2.00 bits per heavy atom. The highest BCUT2D eigenvalue weighted by Gasteiger charge is 2.07. The molecule has 0 spiro atoms. The Hall–Kier alpha value is -0.150. The summed E-state index contributed by atoms with van der Waals surface area (Å²) in [5, 5.41) is 0.679. The van der Waals surface area contributed by atoms with Crippen LogP contribution < -0.4 is 5.73 Å². The number of thioether (sulfide) groups is 1. The van der Waals surface area contributed by atoms with Crippen LogP contribution in [0, 0.1) is 0 Å². The standard InChI is InChI=1S/C11H16BrNS/c1-3-9(4-2)14-11-6-5-8(12)7-10(11)13/h5-7,9H,3-4,13H2,1-2H3. The molecule has 1 nitrogen and oxygen atoms in total. The molecule has 0 atom stereocenters. The number of hydrogen-bond donors (Lipinski definition) is 1. The van der Waals surface area contributed by atoms with Gasteiger partial charge >= 0.3 is 0 Å². The van der Waals surface area contributed by atoms with Gasteiger partial charge in [-0.2, -0.15) is 0 Å². The van der Waals surface area contributed by atoms with Gasteiger partial charge in [0.15, 0.2) is 0 Å². The molecular weight excluding hydrogens is 258 g/mol. The molecule has 14 heavy (non-hydrogen) atoms. The fourth-order valence-electron chi connectivity index (χ4n) is 1.26. The van der Waals surface area contributed by atoms with Gasteiger partial charge in [0, 0.05) is 20.3 Å². The molecule has 1 aromatic rings. The number of hydrogen-bond acceptors (Lipinski definition) is 2. The SMILES string of the molecule is CCC(CC)Sc1ccc(Br)cc1N. The first-order valence-electron chi connectivity index (χ1n) is 4.89. The van der Waals surface area contributed by atoms with Crippen LogP contribution in [0.3, 0.4) is 0 Å². The number of nitrogens with two attached hydrogens (primary N) is 1. The zero-order chi connectivity index (χ0) is 10.6. The second kappa shape index (κ2) is 5.66. The molecule has 0 aliphatic rings. The first kappa shape index (κ1) is 11.9. The zero-order valence-corrected chi connectivity index (χ0v) is 11.0. The molecule has 0 fully saturated rings. The van der Waals surface area contributed by atoms with Crippen molar-refractivity contribution in [3.8, 4) is 0 Å². The van der Waals surface area contributed by atoms with Gasteiger partial charge in [-0.1, -0.05) is 29.8 Å². The highest BCUT2D eigenvalue weighted by atomic mass is 79.9. The Bertz CT molecular complexity index is 297. The van der Waals surface area contributed by atoms with Crippen molar-refractivity contribution >= 4 is 33.4 Å². The maximum absolute atomic E-state index is 5.93. The largest absolute Gasteiger partial charge is 0.398 e. The summed E-state index contributed by atoms with van der Waals surface area (Å²) in [5.74, 6) is 0. The minimum Gasteiger partial charge on any atom is -0.398 e. The van der Waals surface area contributed by atoms with Crippen LogP contribution in [0.25, 0.3) is 0 Å². The average molecular weight is 274 g/mol. The van der Waals surface area contributed by atoms with E-state index in [9.17, 15) is 0 Å². The molecule has 0 unspecified atom stereocenters. The Morgan fingerprint density at radius 1 is 1.36 bits per heavy atom. The number of nitrogen functional groups attached to an aromatic ring is 1. The van der Waals surface area contributed by atoms with Crippen molar-refractivity contribution in [2.75, 3.05) is 5.73 Å². The summed E-state index contributed by atoms with van der Waals surface area (Å²) in [6, 6.07) is 6.09. The predicted octanol–water partition coefficient (Wildman–Crippen LogP) is 4.31. The molecular formula is C11H16BrNS. The van der Waals surface area contributed by atoms with Gasteiger partial charge in [-0.05, 0) is 31.0 Å². The fraction of sp³-hybridized carbons (Fsp3) is 0.455. The Morgan fingerprint density at radius 3 is 2.50 bits per heavy atom. The number of benzene rings is 1. The van der Waals surface area contributed by atoms with Crippen LogP contribution in [0.15, 0.2) is 27.6 Å². The summed E-state index contributed by atoms with van der Waals surface area (Å²) in [7, 11) is 0. The molecule has 0 aliphatic heterocycles. The quantitative estimate of drug-likeness (QED) is 0.654. The van der Waals surface area contributed by atoms with E-state index in [1.807, 2.05) is 23.9 Å². The van der Waals surface area contributed by atoms with Gasteiger partial charge in [0.2, 0.25) is 0 Å². The normalized spacial score (nSPS) is 10.9. The molecule has 1 rings (SSSR count). The molecule has 0 amide bonds. The number of halogens is 1. The van der Waals surface area contributed by atoms with Crippen LogP contribution in [0.4, 0.5) is 5.69 Å². The van der Waals surface area contributed by atoms with E-state index in [0.29, 0.717) is 5.25 Å². The van der Waals surface area contributed by atoms with Gasteiger partial charge in [0.1, 0.15) is 0 Å². The molecule has 2 N–H and O–H groups in total. The fourth-order valence-corrected chi connectivity index (χ4v) is 2.67. The predicted molar refractivity (Wildman–Crippen MR) is 68.8 cm³/mol. The molecule has 78 valence electrons. The van der Waals surface area contributed by atoms with E-state index in [4.69, 9.17) is 5.73 Å². The Kier molecular flexibility index (Phi) is 4.82. The molecule has 0 aromatic heterocycles. The average Bonchev–Trinajstić information content (AvgIpc) is 2.17. The van der Waals surface area contributed by atoms with Gasteiger partial charge in [-0.15, -0.1) is 11.8 Å².